The first-order chi connectivity index (χ1) is 9.65. The number of nitrogens with zero attached hydrogens (tertiary/aromatic N) is 1. The molecule has 0 amide bonds. The summed E-state index contributed by atoms with van der Waals surface area (Å²) in [5, 5.41) is 3.35. The summed E-state index contributed by atoms with van der Waals surface area (Å²) in [7, 11) is 0. The predicted molar refractivity (Wildman–Crippen MR) is 76.1 cm³/mol. The third-order valence-corrected chi connectivity index (χ3v) is 3.17. The van der Waals surface area contributed by atoms with Crippen molar-refractivity contribution in [3.63, 3.8) is 0 Å². The third kappa shape index (κ3) is 2.21. The Morgan fingerprint density at radius 2 is 1.75 bits per heavy atom. The van der Waals surface area contributed by atoms with Crippen LogP contribution in [0.4, 0.5) is 5.82 Å². The van der Waals surface area contributed by atoms with Crippen LogP contribution >= 0.6 is 11.6 Å². The van der Waals surface area contributed by atoms with Gasteiger partial charge in [0.25, 0.3) is 0 Å². The maximum Gasteiger partial charge on any atom is 0.210 e. The number of hydrogen-bond acceptors (Lipinski definition) is 4. The van der Waals surface area contributed by atoms with Gasteiger partial charge in [-0.15, -0.1) is 0 Å². The van der Waals surface area contributed by atoms with Gasteiger partial charge in [-0.2, -0.15) is 0 Å². The zero-order chi connectivity index (χ0) is 14.1. The van der Waals surface area contributed by atoms with E-state index in [1.807, 2.05) is 0 Å². The van der Waals surface area contributed by atoms with Crippen molar-refractivity contribution in [2.24, 2.45) is 0 Å². The molecule has 0 saturated carbocycles. The van der Waals surface area contributed by atoms with Gasteiger partial charge < -0.3 is 5.32 Å². The Hall–Kier alpha value is -2.46. The lowest BCUT2D eigenvalue weighted by Gasteiger charge is -2.15. The Labute approximate surface area is 120 Å². The Morgan fingerprint density at radius 3 is 2.45 bits per heavy atom. The Morgan fingerprint density at radius 1 is 1.00 bits per heavy atom. The number of anilines is 1. The summed E-state index contributed by atoms with van der Waals surface area (Å²) in [5.41, 5.74) is 1.03. The number of carbonyl (C=O) groups excluding carboxylic acids is 2. The van der Waals surface area contributed by atoms with Gasteiger partial charge in [-0.1, -0.05) is 35.9 Å². The highest BCUT2D eigenvalue weighted by molar-refractivity contribution is 6.30. The average molecular weight is 285 g/mol. The van der Waals surface area contributed by atoms with Crippen molar-refractivity contribution < 1.29 is 9.59 Å². The first kappa shape index (κ1) is 12.6. The molecule has 20 heavy (non-hydrogen) atoms. The summed E-state index contributed by atoms with van der Waals surface area (Å²) in [4.78, 5) is 28.3. The SMILES string of the molecule is O=C1C=C(Nc2ccc(Cl)cn2)C(=O)c2ccccc21. The number of hydrogen-bond donors (Lipinski definition) is 1. The molecule has 1 N–H and O–H groups in total. The molecule has 1 aromatic carbocycles. The molecule has 2 aromatic rings. The number of halogens is 1. The van der Waals surface area contributed by atoms with E-state index in [2.05, 4.69) is 10.3 Å². The van der Waals surface area contributed by atoms with Crippen LogP contribution in [0.2, 0.25) is 5.02 Å². The summed E-state index contributed by atoms with van der Waals surface area (Å²) in [6, 6.07) is 10.0. The Balaban J connectivity index is 1.94. The second kappa shape index (κ2) is 4.90. The molecule has 3 rings (SSSR count). The fourth-order valence-electron chi connectivity index (χ4n) is 2.00. The number of rotatable bonds is 2. The van der Waals surface area contributed by atoms with E-state index in [-0.39, 0.29) is 17.3 Å². The zero-order valence-electron chi connectivity index (χ0n) is 10.3. The van der Waals surface area contributed by atoms with Gasteiger partial charge in [-0.3, -0.25) is 9.59 Å². The van der Waals surface area contributed by atoms with Crippen LogP contribution in [0.25, 0.3) is 0 Å². The summed E-state index contributed by atoms with van der Waals surface area (Å²) < 4.78 is 0. The average Bonchev–Trinajstić information content (AvgIpc) is 2.47. The molecule has 0 bridgehead atoms. The summed E-state index contributed by atoms with van der Waals surface area (Å²) in [5.74, 6) is 0.0368. The minimum absolute atomic E-state index is 0.198. The summed E-state index contributed by atoms with van der Waals surface area (Å²) in [6.07, 6.45) is 2.76. The van der Waals surface area contributed by atoms with Gasteiger partial charge in [0.2, 0.25) is 5.78 Å². The number of Topliss-reactive ketones (excluding diaryl/α,β-unsaturated/α-hetero) is 1. The maximum atomic E-state index is 12.3. The van der Waals surface area contributed by atoms with Crippen molar-refractivity contribution in [2.75, 3.05) is 5.32 Å². The van der Waals surface area contributed by atoms with E-state index in [4.69, 9.17) is 11.6 Å². The normalized spacial score (nSPS) is 13.8. The van der Waals surface area contributed by atoms with Gasteiger partial charge in [-0.25, -0.2) is 4.98 Å². The molecule has 4 nitrogen and oxygen atoms in total. The van der Waals surface area contributed by atoms with Gasteiger partial charge in [-0.05, 0) is 12.1 Å². The lowest BCUT2D eigenvalue weighted by molar-refractivity contribution is 0.0985. The van der Waals surface area contributed by atoms with Crippen LogP contribution in [-0.2, 0) is 0 Å². The fourth-order valence-corrected chi connectivity index (χ4v) is 2.11. The molecule has 1 aliphatic rings. The van der Waals surface area contributed by atoms with E-state index in [9.17, 15) is 9.59 Å². The lowest BCUT2D eigenvalue weighted by Crippen LogP contribution is -2.21. The molecule has 0 unspecified atom stereocenters. The number of pyridine rings is 1. The van der Waals surface area contributed by atoms with E-state index in [0.29, 0.717) is 22.0 Å². The van der Waals surface area contributed by atoms with Crippen molar-refractivity contribution in [3.05, 3.63) is 70.5 Å². The van der Waals surface area contributed by atoms with Crippen LogP contribution in [0, 0.1) is 0 Å². The van der Waals surface area contributed by atoms with Gasteiger partial charge in [0.15, 0.2) is 5.78 Å². The van der Waals surface area contributed by atoms with Gasteiger partial charge >= 0.3 is 0 Å². The topological polar surface area (TPSA) is 59.1 Å². The third-order valence-electron chi connectivity index (χ3n) is 2.95. The smallest absolute Gasteiger partial charge is 0.210 e. The van der Waals surface area contributed by atoms with Crippen LogP contribution < -0.4 is 5.32 Å². The van der Waals surface area contributed by atoms with Crippen molar-refractivity contribution in [3.8, 4) is 0 Å². The number of carbonyl (C=O) groups is 2. The van der Waals surface area contributed by atoms with E-state index >= 15 is 0 Å². The molecule has 0 saturated heterocycles. The van der Waals surface area contributed by atoms with E-state index < -0.39 is 0 Å². The molecular weight excluding hydrogens is 276 g/mol. The van der Waals surface area contributed by atoms with Crippen molar-refractivity contribution in [2.45, 2.75) is 0 Å². The molecule has 0 fully saturated rings. The number of benzene rings is 1. The molecule has 1 aromatic heterocycles. The first-order valence-corrected chi connectivity index (χ1v) is 6.31. The molecule has 1 heterocycles. The lowest BCUT2D eigenvalue weighted by atomic mass is 9.93. The monoisotopic (exact) mass is 284 g/mol. The van der Waals surface area contributed by atoms with Crippen LogP contribution in [0.5, 0.6) is 0 Å². The van der Waals surface area contributed by atoms with E-state index in [0.717, 1.165) is 0 Å². The maximum absolute atomic E-state index is 12.3. The predicted octanol–water partition coefficient (Wildman–Crippen LogP) is 3.11. The number of nitrogens with one attached hydrogen (secondary N) is 1. The van der Waals surface area contributed by atoms with Gasteiger partial charge in [0, 0.05) is 23.4 Å². The van der Waals surface area contributed by atoms with Gasteiger partial charge in [0.1, 0.15) is 5.82 Å². The highest BCUT2D eigenvalue weighted by Crippen LogP contribution is 2.22. The minimum Gasteiger partial charge on any atom is -0.337 e. The molecule has 98 valence electrons. The molecule has 0 aliphatic heterocycles. The Bertz CT molecular complexity index is 736. The standard InChI is InChI=1S/C15H9ClN2O2/c16-9-5-6-14(17-8-9)18-12-7-13(19)10-3-1-2-4-11(10)15(12)20/h1-8H,(H,17,18). The second-order valence-electron chi connectivity index (χ2n) is 4.28. The first-order valence-electron chi connectivity index (χ1n) is 5.93. The molecule has 5 heteroatoms. The molecule has 0 spiro atoms. The number of allylic oxidation sites excluding steroid dienone is 2. The molecule has 0 radical (unpaired) electrons. The zero-order valence-corrected chi connectivity index (χ0v) is 11.0. The second-order valence-corrected chi connectivity index (χ2v) is 4.72. The van der Waals surface area contributed by atoms with E-state index in [1.54, 1.807) is 36.4 Å². The molecule has 0 atom stereocenters. The number of ketones is 2. The van der Waals surface area contributed by atoms with Crippen LogP contribution in [0.3, 0.4) is 0 Å². The summed E-state index contributed by atoms with van der Waals surface area (Å²) >= 11 is 5.75. The highest BCUT2D eigenvalue weighted by atomic mass is 35.5. The number of fused-ring (bicyclic) bond motifs is 1. The van der Waals surface area contributed by atoms with Crippen LogP contribution in [0.1, 0.15) is 20.7 Å². The quantitative estimate of drug-likeness (QED) is 0.920. The number of aromatic nitrogens is 1. The van der Waals surface area contributed by atoms with Crippen molar-refractivity contribution in [1.82, 2.24) is 4.98 Å². The van der Waals surface area contributed by atoms with Crippen LogP contribution in [0.15, 0.2) is 54.4 Å². The summed E-state index contributed by atoms with van der Waals surface area (Å²) in [6.45, 7) is 0. The molecule has 1 aliphatic carbocycles. The van der Waals surface area contributed by atoms with Crippen LogP contribution in [-0.4, -0.2) is 16.6 Å². The fraction of sp³-hybridized carbons (Fsp3) is 0. The minimum atomic E-state index is -0.225. The Kier molecular flexibility index (Phi) is 3.08. The largest absolute Gasteiger partial charge is 0.337 e. The van der Waals surface area contributed by atoms with Crippen molar-refractivity contribution >= 4 is 29.0 Å². The van der Waals surface area contributed by atoms with Gasteiger partial charge in [0.05, 0.1) is 10.7 Å². The highest BCUT2D eigenvalue weighted by Gasteiger charge is 2.25. The van der Waals surface area contributed by atoms with Crippen molar-refractivity contribution in [1.29, 1.82) is 0 Å². The van der Waals surface area contributed by atoms with E-state index in [1.165, 1.54) is 12.3 Å². The molecular formula is C15H9ClN2O2.